The quantitative estimate of drug-likeness (QED) is 0.745. The van der Waals surface area contributed by atoms with Crippen molar-refractivity contribution in [3.05, 3.63) is 23.9 Å². The molecule has 1 aliphatic rings. The first kappa shape index (κ1) is 16.4. The zero-order valence-electron chi connectivity index (χ0n) is 12.3. The summed E-state index contributed by atoms with van der Waals surface area (Å²) in [7, 11) is -3.51. The van der Waals surface area contributed by atoms with Crippen LogP contribution in [0.5, 0.6) is 0 Å². The molecule has 0 radical (unpaired) electrons. The Labute approximate surface area is 126 Å². The Morgan fingerprint density at radius 2 is 2.29 bits per heavy atom. The number of sulfonamides is 1. The van der Waals surface area contributed by atoms with E-state index in [4.69, 9.17) is 4.74 Å². The molecule has 1 unspecified atom stereocenters. The average Bonchev–Trinajstić information content (AvgIpc) is 2.98. The van der Waals surface area contributed by atoms with Gasteiger partial charge in [-0.1, -0.05) is 13.0 Å². The molecule has 1 aromatic rings. The van der Waals surface area contributed by atoms with Crippen molar-refractivity contribution in [3.8, 4) is 0 Å². The highest BCUT2D eigenvalue weighted by Gasteiger charge is 2.18. The molecule has 1 fully saturated rings. The Morgan fingerprint density at radius 1 is 1.43 bits per heavy atom. The molecule has 0 bridgehead atoms. The van der Waals surface area contributed by atoms with Crippen LogP contribution in [0.25, 0.3) is 0 Å². The molecule has 7 heteroatoms. The maximum atomic E-state index is 12.1. The molecular formula is C14H23N3O3S. The Kier molecular flexibility index (Phi) is 6.10. The van der Waals surface area contributed by atoms with E-state index >= 15 is 0 Å². The monoisotopic (exact) mass is 313 g/mol. The minimum atomic E-state index is -3.51. The lowest BCUT2D eigenvalue weighted by Crippen LogP contribution is -2.27. The molecule has 0 saturated carbocycles. The lowest BCUT2D eigenvalue weighted by atomic mass is 10.1. The van der Waals surface area contributed by atoms with Gasteiger partial charge in [0.15, 0.2) is 5.03 Å². The largest absolute Gasteiger partial charge is 0.381 e. The van der Waals surface area contributed by atoms with Crippen molar-refractivity contribution < 1.29 is 13.2 Å². The van der Waals surface area contributed by atoms with Gasteiger partial charge >= 0.3 is 0 Å². The van der Waals surface area contributed by atoms with Gasteiger partial charge in [-0.2, -0.15) is 0 Å². The Hall–Kier alpha value is -1.02. The van der Waals surface area contributed by atoms with Crippen molar-refractivity contribution in [3.63, 3.8) is 0 Å². The number of pyridine rings is 1. The van der Waals surface area contributed by atoms with Crippen LogP contribution in [0, 0.1) is 5.92 Å². The van der Waals surface area contributed by atoms with Crippen LogP contribution in [0.3, 0.4) is 0 Å². The number of ether oxygens (including phenoxy) is 1. The SMILES string of the molecule is CCNCc1ccc(S(=O)(=O)NCCC2CCOC2)nc1. The van der Waals surface area contributed by atoms with E-state index in [-0.39, 0.29) is 5.03 Å². The van der Waals surface area contributed by atoms with Gasteiger partial charge in [0.05, 0.1) is 0 Å². The van der Waals surface area contributed by atoms with Crippen molar-refractivity contribution in [1.29, 1.82) is 0 Å². The van der Waals surface area contributed by atoms with E-state index in [2.05, 4.69) is 15.0 Å². The van der Waals surface area contributed by atoms with Gasteiger partial charge in [-0.3, -0.25) is 0 Å². The van der Waals surface area contributed by atoms with Crippen LogP contribution in [-0.4, -0.2) is 39.7 Å². The second kappa shape index (κ2) is 7.84. The van der Waals surface area contributed by atoms with Gasteiger partial charge in [0.2, 0.25) is 0 Å². The van der Waals surface area contributed by atoms with E-state index in [0.717, 1.165) is 38.2 Å². The summed E-state index contributed by atoms with van der Waals surface area (Å²) >= 11 is 0. The van der Waals surface area contributed by atoms with Crippen molar-refractivity contribution in [2.75, 3.05) is 26.3 Å². The number of nitrogens with zero attached hydrogens (tertiary/aromatic N) is 1. The molecule has 118 valence electrons. The second-order valence-corrected chi connectivity index (χ2v) is 6.91. The molecule has 0 amide bonds. The number of rotatable bonds is 8. The Bertz CT molecular complexity index is 525. The fourth-order valence-electron chi connectivity index (χ4n) is 2.23. The standard InChI is InChI=1S/C14H23N3O3S/c1-2-15-9-13-3-4-14(16-10-13)21(18,19)17-7-5-12-6-8-20-11-12/h3-4,10,12,15,17H,2,5-9,11H2,1H3. The second-order valence-electron chi connectivity index (χ2n) is 5.20. The maximum absolute atomic E-state index is 12.1. The normalized spacial score (nSPS) is 19.0. The van der Waals surface area contributed by atoms with Crippen molar-refractivity contribution in [2.45, 2.75) is 31.3 Å². The van der Waals surface area contributed by atoms with E-state index in [1.54, 1.807) is 18.3 Å². The van der Waals surface area contributed by atoms with Crippen LogP contribution < -0.4 is 10.0 Å². The predicted octanol–water partition coefficient (Wildman–Crippen LogP) is 0.896. The highest BCUT2D eigenvalue weighted by atomic mass is 32.2. The van der Waals surface area contributed by atoms with E-state index < -0.39 is 10.0 Å². The Morgan fingerprint density at radius 3 is 2.90 bits per heavy atom. The molecule has 1 aliphatic heterocycles. The summed E-state index contributed by atoms with van der Waals surface area (Å²) in [6, 6.07) is 3.34. The van der Waals surface area contributed by atoms with Crippen molar-refractivity contribution >= 4 is 10.0 Å². The molecule has 2 heterocycles. The highest BCUT2D eigenvalue weighted by Crippen LogP contribution is 2.15. The van der Waals surface area contributed by atoms with Crippen LogP contribution in [0.2, 0.25) is 0 Å². The van der Waals surface area contributed by atoms with E-state index in [1.165, 1.54) is 0 Å². The predicted molar refractivity (Wildman–Crippen MR) is 80.3 cm³/mol. The molecule has 0 spiro atoms. The number of hydrogen-bond donors (Lipinski definition) is 2. The smallest absolute Gasteiger partial charge is 0.258 e. The van der Waals surface area contributed by atoms with E-state index in [1.807, 2.05) is 6.92 Å². The first-order valence-corrected chi connectivity index (χ1v) is 8.83. The lowest BCUT2D eigenvalue weighted by Gasteiger charge is -2.09. The molecular weight excluding hydrogens is 290 g/mol. The zero-order valence-corrected chi connectivity index (χ0v) is 13.2. The van der Waals surface area contributed by atoms with Crippen molar-refractivity contribution in [2.24, 2.45) is 5.92 Å². The maximum Gasteiger partial charge on any atom is 0.258 e. The third-order valence-corrected chi connectivity index (χ3v) is 4.90. The first-order valence-electron chi connectivity index (χ1n) is 7.35. The van der Waals surface area contributed by atoms with E-state index in [0.29, 0.717) is 19.0 Å². The molecule has 21 heavy (non-hydrogen) atoms. The minimum absolute atomic E-state index is 0.0745. The highest BCUT2D eigenvalue weighted by molar-refractivity contribution is 7.89. The first-order chi connectivity index (χ1) is 10.1. The summed E-state index contributed by atoms with van der Waals surface area (Å²) in [5, 5.41) is 3.25. The lowest BCUT2D eigenvalue weighted by molar-refractivity contribution is 0.184. The molecule has 2 N–H and O–H groups in total. The van der Waals surface area contributed by atoms with Gasteiger partial charge in [-0.15, -0.1) is 0 Å². The summed E-state index contributed by atoms with van der Waals surface area (Å²) < 4.78 is 32.1. The van der Waals surface area contributed by atoms with Crippen molar-refractivity contribution in [1.82, 2.24) is 15.0 Å². The third kappa shape index (κ3) is 5.03. The molecule has 1 saturated heterocycles. The van der Waals surface area contributed by atoms with Gasteiger partial charge in [-0.25, -0.2) is 18.1 Å². The topological polar surface area (TPSA) is 80.3 Å². The zero-order chi connectivity index (χ0) is 15.1. The fourth-order valence-corrected chi connectivity index (χ4v) is 3.20. The minimum Gasteiger partial charge on any atom is -0.381 e. The van der Waals surface area contributed by atoms with Crippen LogP contribution in [0.15, 0.2) is 23.4 Å². The summed E-state index contributed by atoms with van der Waals surface area (Å²) in [4.78, 5) is 4.04. The summed E-state index contributed by atoms with van der Waals surface area (Å²) in [5.41, 5.74) is 0.971. The molecule has 0 aromatic carbocycles. The summed E-state index contributed by atoms with van der Waals surface area (Å²) in [6.45, 7) is 5.53. The fraction of sp³-hybridized carbons (Fsp3) is 0.643. The summed E-state index contributed by atoms with van der Waals surface area (Å²) in [5.74, 6) is 0.461. The summed E-state index contributed by atoms with van der Waals surface area (Å²) in [6.07, 6.45) is 3.42. The number of nitrogens with one attached hydrogen (secondary N) is 2. The van der Waals surface area contributed by atoms with Crippen LogP contribution in [-0.2, 0) is 21.3 Å². The van der Waals surface area contributed by atoms with Crippen LogP contribution in [0.1, 0.15) is 25.3 Å². The molecule has 0 aliphatic carbocycles. The van der Waals surface area contributed by atoms with Crippen LogP contribution >= 0.6 is 0 Å². The van der Waals surface area contributed by atoms with E-state index in [9.17, 15) is 8.42 Å². The Balaban J connectivity index is 1.85. The molecule has 1 atom stereocenters. The van der Waals surface area contributed by atoms with Gasteiger partial charge in [-0.05, 0) is 36.9 Å². The molecule has 6 nitrogen and oxygen atoms in total. The molecule has 1 aromatic heterocycles. The van der Waals surface area contributed by atoms with Gasteiger partial charge < -0.3 is 10.1 Å². The molecule has 2 rings (SSSR count). The van der Waals surface area contributed by atoms with Gasteiger partial charge in [0.25, 0.3) is 10.0 Å². The third-order valence-electron chi connectivity index (χ3n) is 3.52. The number of aromatic nitrogens is 1. The number of hydrogen-bond acceptors (Lipinski definition) is 5. The van der Waals surface area contributed by atoms with Gasteiger partial charge in [0.1, 0.15) is 0 Å². The van der Waals surface area contributed by atoms with Crippen LogP contribution in [0.4, 0.5) is 0 Å². The average molecular weight is 313 g/mol. The van der Waals surface area contributed by atoms with Gasteiger partial charge in [0, 0.05) is 32.5 Å².